The van der Waals surface area contributed by atoms with Gasteiger partial charge in [0, 0.05) is 30.5 Å². The summed E-state index contributed by atoms with van der Waals surface area (Å²) < 4.78 is 37.6. The molecule has 34 heavy (non-hydrogen) atoms. The number of fused-ring (bicyclic) bond motifs is 1. The van der Waals surface area contributed by atoms with Gasteiger partial charge in [0.25, 0.3) is 0 Å². The number of rotatable bonds is 3. The first-order valence-electron chi connectivity index (χ1n) is 11.0. The number of nitrogens with zero attached hydrogens (tertiary/aromatic N) is 5. The first-order chi connectivity index (χ1) is 16.5. The second-order valence-electron chi connectivity index (χ2n) is 7.90. The quantitative estimate of drug-likeness (QED) is 0.405. The van der Waals surface area contributed by atoms with Crippen LogP contribution in [0.2, 0.25) is 0 Å². The molecule has 1 unspecified atom stereocenters. The van der Waals surface area contributed by atoms with Gasteiger partial charge < -0.3 is 9.47 Å². The van der Waals surface area contributed by atoms with E-state index in [0.717, 1.165) is 36.0 Å². The zero-order valence-electron chi connectivity index (χ0n) is 19.3. The van der Waals surface area contributed by atoms with Crippen molar-refractivity contribution in [1.82, 2.24) is 24.9 Å². The minimum atomic E-state index is -0.690. The Morgan fingerprint density at radius 2 is 1.79 bits per heavy atom. The predicted molar refractivity (Wildman–Crippen MR) is 123 cm³/mol. The Bertz CT molecular complexity index is 1280. The van der Waals surface area contributed by atoms with Crippen molar-refractivity contribution in [2.75, 3.05) is 13.7 Å². The second kappa shape index (κ2) is 10.6. The smallest absolute Gasteiger partial charge is 0.212 e. The molecule has 9 heteroatoms. The molecule has 1 fully saturated rings. The Balaban J connectivity index is 0.000000172. The molecule has 0 N–H and O–H groups in total. The van der Waals surface area contributed by atoms with Crippen molar-refractivity contribution >= 4 is 11.2 Å². The van der Waals surface area contributed by atoms with Crippen LogP contribution in [0.3, 0.4) is 0 Å². The Morgan fingerprint density at radius 1 is 0.971 bits per heavy atom. The summed E-state index contributed by atoms with van der Waals surface area (Å²) in [6.45, 7) is 4.50. The van der Waals surface area contributed by atoms with E-state index in [1.54, 1.807) is 14.0 Å². The van der Waals surface area contributed by atoms with Gasteiger partial charge in [0.1, 0.15) is 29.2 Å². The fourth-order valence-corrected chi connectivity index (χ4v) is 3.63. The molecule has 1 aliphatic rings. The highest BCUT2D eigenvalue weighted by atomic mass is 19.1. The standard InChI is InChI=1S/C14H10F2N4.C11H15NO2/c1-7-8(2)20-14-13(19-7)12(17-6-18-14)10-4-3-9(15)5-11(10)16;1-13-11-6-5-9(8-12-11)10-4-2-3-7-14-10/h3-6H,1-2H3;5-6,8,10H,2-4,7H2,1H3. The molecule has 1 aliphatic heterocycles. The van der Waals surface area contributed by atoms with E-state index in [4.69, 9.17) is 9.47 Å². The lowest BCUT2D eigenvalue weighted by molar-refractivity contribution is 0.0147. The topological polar surface area (TPSA) is 82.9 Å². The average molecular weight is 466 g/mol. The van der Waals surface area contributed by atoms with Crippen LogP contribution in [0.25, 0.3) is 22.4 Å². The summed E-state index contributed by atoms with van der Waals surface area (Å²) >= 11 is 0. The summed E-state index contributed by atoms with van der Waals surface area (Å²) in [5.41, 5.74) is 3.91. The summed E-state index contributed by atoms with van der Waals surface area (Å²) in [6, 6.07) is 7.25. The van der Waals surface area contributed by atoms with Crippen LogP contribution in [0.5, 0.6) is 5.88 Å². The lowest BCUT2D eigenvalue weighted by Gasteiger charge is -2.22. The monoisotopic (exact) mass is 465 g/mol. The van der Waals surface area contributed by atoms with E-state index in [9.17, 15) is 8.78 Å². The van der Waals surface area contributed by atoms with Gasteiger partial charge in [0.05, 0.1) is 24.6 Å². The minimum absolute atomic E-state index is 0.177. The molecule has 0 saturated carbocycles. The minimum Gasteiger partial charge on any atom is -0.481 e. The fraction of sp³-hybridized carbons (Fsp3) is 0.320. The van der Waals surface area contributed by atoms with Crippen LogP contribution < -0.4 is 4.74 Å². The van der Waals surface area contributed by atoms with Gasteiger partial charge in [0.15, 0.2) is 5.65 Å². The van der Waals surface area contributed by atoms with Gasteiger partial charge in [-0.25, -0.2) is 33.7 Å². The van der Waals surface area contributed by atoms with E-state index in [1.807, 2.05) is 25.3 Å². The van der Waals surface area contributed by atoms with Crippen LogP contribution in [-0.2, 0) is 4.74 Å². The van der Waals surface area contributed by atoms with E-state index in [-0.39, 0.29) is 11.7 Å². The molecule has 0 radical (unpaired) electrons. The predicted octanol–water partition coefficient (Wildman–Crippen LogP) is 5.31. The summed E-state index contributed by atoms with van der Waals surface area (Å²) in [6.07, 6.45) is 6.91. The maximum Gasteiger partial charge on any atom is 0.212 e. The SMILES string of the molecule is COc1ccc(C2CCCCO2)cn1.Cc1nc2ncnc(-c3ccc(F)cc3F)c2nc1C. The van der Waals surface area contributed by atoms with Gasteiger partial charge in [-0.3, -0.25) is 0 Å². The molecule has 7 nitrogen and oxygen atoms in total. The lowest BCUT2D eigenvalue weighted by atomic mass is 10.0. The number of aryl methyl sites for hydroxylation is 2. The number of hydrogen-bond acceptors (Lipinski definition) is 7. The fourth-order valence-electron chi connectivity index (χ4n) is 3.63. The van der Waals surface area contributed by atoms with Gasteiger partial charge >= 0.3 is 0 Å². The number of hydrogen-bond donors (Lipinski definition) is 0. The van der Waals surface area contributed by atoms with Crippen molar-refractivity contribution in [3.05, 3.63) is 71.4 Å². The molecule has 4 heterocycles. The van der Waals surface area contributed by atoms with E-state index in [2.05, 4.69) is 24.9 Å². The molecule has 5 rings (SSSR count). The molecule has 176 valence electrons. The van der Waals surface area contributed by atoms with Crippen molar-refractivity contribution in [3.8, 4) is 17.1 Å². The summed E-state index contributed by atoms with van der Waals surface area (Å²) in [5.74, 6) is -0.669. The third kappa shape index (κ3) is 5.31. The third-order valence-electron chi connectivity index (χ3n) is 5.59. The molecular formula is C25H25F2N5O2. The highest BCUT2D eigenvalue weighted by Crippen LogP contribution is 2.28. The largest absolute Gasteiger partial charge is 0.481 e. The Kier molecular flexibility index (Phi) is 7.32. The van der Waals surface area contributed by atoms with Crippen LogP contribution in [0.4, 0.5) is 8.78 Å². The van der Waals surface area contributed by atoms with Gasteiger partial charge in [-0.05, 0) is 56.9 Å². The third-order valence-corrected chi connectivity index (χ3v) is 5.59. The number of halogens is 2. The molecule has 1 atom stereocenters. The van der Waals surface area contributed by atoms with Crippen LogP contribution in [0.15, 0.2) is 42.9 Å². The van der Waals surface area contributed by atoms with Gasteiger partial charge in [-0.1, -0.05) is 0 Å². The van der Waals surface area contributed by atoms with Gasteiger partial charge in [0.2, 0.25) is 5.88 Å². The summed E-state index contributed by atoms with van der Waals surface area (Å²) in [5, 5.41) is 0. The van der Waals surface area contributed by atoms with Crippen molar-refractivity contribution in [3.63, 3.8) is 0 Å². The van der Waals surface area contributed by atoms with Gasteiger partial charge in [-0.2, -0.15) is 0 Å². The Labute approximate surface area is 196 Å². The highest BCUT2D eigenvalue weighted by Gasteiger charge is 2.16. The number of pyridine rings is 1. The van der Waals surface area contributed by atoms with Crippen LogP contribution >= 0.6 is 0 Å². The number of methoxy groups -OCH3 is 1. The Hall–Kier alpha value is -3.59. The van der Waals surface area contributed by atoms with E-state index >= 15 is 0 Å². The molecule has 0 aliphatic carbocycles. The maximum atomic E-state index is 13.9. The molecule has 1 saturated heterocycles. The lowest BCUT2D eigenvalue weighted by Crippen LogP contribution is -2.11. The van der Waals surface area contributed by atoms with Crippen LogP contribution in [0.1, 0.15) is 42.3 Å². The Morgan fingerprint density at radius 3 is 2.47 bits per heavy atom. The normalized spacial score (nSPS) is 15.5. The van der Waals surface area contributed by atoms with Crippen molar-refractivity contribution in [2.45, 2.75) is 39.2 Å². The molecule has 0 amide bonds. The first kappa shape index (κ1) is 23.6. The van der Waals surface area contributed by atoms with Crippen molar-refractivity contribution in [2.24, 2.45) is 0 Å². The number of aromatic nitrogens is 5. The molecular weight excluding hydrogens is 440 g/mol. The van der Waals surface area contributed by atoms with Crippen molar-refractivity contribution in [1.29, 1.82) is 0 Å². The van der Waals surface area contributed by atoms with Crippen LogP contribution in [-0.4, -0.2) is 38.6 Å². The molecule has 0 bridgehead atoms. The van der Waals surface area contributed by atoms with E-state index < -0.39 is 11.6 Å². The first-order valence-corrected chi connectivity index (χ1v) is 11.0. The molecule has 1 aromatic carbocycles. The van der Waals surface area contributed by atoms with Crippen molar-refractivity contribution < 1.29 is 18.3 Å². The zero-order valence-corrected chi connectivity index (χ0v) is 19.3. The van der Waals surface area contributed by atoms with Crippen LogP contribution in [0, 0.1) is 25.5 Å². The average Bonchev–Trinajstić information content (AvgIpc) is 2.86. The number of ether oxygens (including phenoxy) is 2. The molecule has 4 aromatic rings. The van der Waals surface area contributed by atoms with Gasteiger partial charge in [-0.15, -0.1) is 0 Å². The summed E-state index contributed by atoms with van der Waals surface area (Å²) in [7, 11) is 1.62. The van der Waals surface area contributed by atoms with E-state index in [0.29, 0.717) is 22.7 Å². The summed E-state index contributed by atoms with van der Waals surface area (Å²) in [4.78, 5) is 20.9. The zero-order chi connectivity index (χ0) is 24.1. The molecule has 0 spiro atoms. The second-order valence-corrected chi connectivity index (χ2v) is 7.90. The van der Waals surface area contributed by atoms with E-state index in [1.165, 1.54) is 31.3 Å². The maximum absolute atomic E-state index is 13.9. The number of benzene rings is 1. The highest BCUT2D eigenvalue weighted by molar-refractivity contribution is 5.86. The molecule has 3 aromatic heterocycles.